The molecule has 1 unspecified atom stereocenters. The maximum absolute atomic E-state index is 13.2. The van der Waals surface area contributed by atoms with Crippen molar-refractivity contribution in [2.75, 3.05) is 5.32 Å². The van der Waals surface area contributed by atoms with Gasteiger partial charge < -0.3 is 10.4 Å². The molecule has 0 aliphatic carbocycles. The van der Waals surface area contributed by atoms with Gasteiger partial charge in [-0.15, -0.1) is 0 Å². The number of hydrogen-bond donors (Lipinski definition) is 2. The topological polar surface area (TPSA) is 49.3 Å². The van der Waals surface area contributed by atoms with Crippen LogP contribution < -0.4 is 5.32 Å². The molecule has 2 rings (SSSR count). The van der Waals surface area contributed by atoms with Gasteiger partial charge in [-0.3, -0.25) is 0 Å². The number of hydrogen-bond acceptors (Lipinski definition) is 2. The Morgan fingerprint density at radius 2 is 1.90 bits per heavy atom. The van der Waals surface area contributed by atoms with E-state index in [1.807, 2.05) is 0 Å². The molecule has 0 bridgehead atoms. The number of halogens is 2. The van der Waals surface area contributed by atoms with Crippen molar-refractivity contribution in [2.24, 2.45) is 0 Å². The molecule has 2 aromatic rings. The average Bonchev–Trinajstić information content (AvgIpc) is 2.43. The molecular formula is C16H15F2NO2. The van der Waals surface area contributed by atoms with Crippen LogP contribution in [0.5, 0.6) is 0 Å². The second-order valence-electron chi connectivity index (χ2n) is 4.82. The molecule has 110 valence electrons. The third-order valence-corrected chi connectivity index (χ3v) is 3.38. The van der Waals surface area contributed by atoms with Crippen LogP contribution in [0.15, 0.2) is 36.4 Å². The van der Waals surface area contributed by atoms with Gasteiger partial charge in [-0.25, -0.2) is 13.6 Å². The van der Waals surface area contributed by atoms with Gasteiger partial charge in [0, 0.05) is 11.7 Å². The van der Waals surface area contributed by atoms with Gasteiger partial charge in [-0.05, 0) is 49.2 Å². The maximum atomic E-state index is 13.2. The third kappa shape index (κ3) is 3.18. The van der Waals surface area contributed by atoms with E-state index in [0.29, 0.717) is 16.8 Å². The fourth-order valence-electron chi connectivity index (χ4n) is 2.12. The minimum atomic E-state index is -1.00. The van der Waals surface area contributed by atoms with Crippen LogP contribution in [0.2, 0.25) is 0 Å². The number of carboxylic acids is 1. The Morgan fingerprint density at radius 1 is 1.19 bits per heavy atom. The first-order valence-electron chi connectivity index (χ1n) is 6.44. The number of benzene rings is 2. The van der Waals surface area contributed by atoms with Gasteiger partial charge in [-0.2, -0.15) is 0 Å². The van der Waals surface area contributed by atoms with E-state index in [4.69, 9.17) is 5.11 Å². The van der Waals surface area contributed by atoms with Gasteiger partial charge in [0.2, 0.25) is 0 Å². The Kier molecular flexibility index (Phi) is 4.21. The molecule has 1 atom stereocenters. The second-order valence-corrected chi connectivity index (χ2v) is 4.82. The van der Waals surface area contributed by atoms with Crippen LogP contribution >= 0.6 is 0 Å². The zero-order chi connectivity index (χ0) is 15.6. The van der Waals surface area contributed by atoms with E-state index in [2.05, 4.69) is 5.32 Å². The van der Waals surface area contributed by atoms with Crippen molar-refractivity contribution < 1.29 is 18.7 Å². The van der Waals surface area contributed by atoms with Crippen LogP contribution in [-0.4, -0.2) is 11.1 Å². The van der Waals surface area contributed by atoms with Crippen LogP contribution in [0, 0.1) is 18.6 Å². The van der Waals surface area contributed by atoms with Crippen LogP contribution in [0.3, 0.4) is 0 Å². The number of rotatable bonds is 4. The molecule has 0 heterocycles. The molecule has 3 nitrogen and oxygen atoms in total. The molecule has 2 aromatic carbocycles. The molecule has 0 fully saturated rings. The summed E-state index contributed by atoms with van der Waals surface area (Å²) in [6.07, 6.45) is 0. The minimum Gasteiger partial charge on any atom is -0.478 e. The van der Waals surface area contributed by atoms with Crippen molar-refractivity contribution in [3.05, 3.63) is 64.7 Å². The SMILES string of the molecule is Cc1c(NC(C)c2ccc(F)c(F)c2)cccc1C(=O)O. The van der Waals surface area contributed by atoms with Gasteiger partial charge in [0.25, 0.3) is 0 Å². The van der Waals surface area contributed by atoms with Crippen molar-refractivity contribution in [1.82, 2.24) is 0 Å². The summed E-state index contributed by atoms with van der Waals surface area (Å²) in [6, 6.07) is 8.31. The highest BCUT2D eigenvalue weighted by atomic mass is 19.2. The van der Waals surface area contributed by atoms with Gasteiger partial charge in [0.15, 0.2) is 11.6 Å². The Bertz CT molecular complexity index is 686. The molecule has 0 aromatic heterocycles. The first-order chi connectivity index (χ1) is 9.90. The molecule has 2 N–H and O–H groups in total. The Morgan fingerprint density at radius 3 is 2.52 bits per heavy atom. The van der Waals surface area contributed by atoms with Crippen molar-refractivity contribution in [3.63, 3.8) is 0 Å². The molecule has 0 saturated carbocycles. The Labute approximate surface area is 121 Å². The van der Waals surface area contributed by atoms with Gasteiger partial charge >= 0.3 is 5.97 Å². The summed E-state index contributed by atoms with van der Waals surface area (Å²) in [7, 11) is 0. The van der Waals surface area contributed by atoms with Crippen molar-refractivity contribution in [2.45, 2.75) is 19.9 Å². The standard InChI is InChI=1S/C16H15F2NO2/c1-9-12(16(20)21)4-3-5-15(9)19-10(2)11-6-7-13(17)14(18)8-11/h3-8,10,19H,1-2H3,(H,20,21). The molecule has 0 saturated heterocycles. The van der Waals surface area contributed by atoms with Gasteiger partial charge in [0.05, 0.1) is 5.56 Å². The highest BCUT2D eigenvalue weighted by Gasteiger charge is 2.13. The summed E-state index contributed by atoms with van der Waals surface area (Å²) >= 11 is 0. The summed E-state index contributed by atoms with van der Waals surface area (Å²) in [6.45, 7) is 3.49. The first-order valence-corrected chi connectivity index (χ1v) is 6.44. The fourth-order valence-corrected chi connectivity index (χ4v) is 2.12. The smallest absolute Gasteiger partial charge is 0.336 e. The predicted octanol–water partition coefficient (Wildman–Crippen LogP) is 4.14. The van der Waals surface area contributed by atoms with E-state index in [0.717, 1.165) is 12.1 Å². The van der Waals surface area contributed by atoms with E-state index in [9.17, 15) is 13.6 Å². The van der Waals surface area contributed by atoms with Gasteiger partial charge in [-0.1, -0.05) is 12.1 Å². The van der Waals surface area contributed by atoms with Gasteiger partial charge in [0.1, 0.15) is 0 Å². The van der Waals surface area contributed by atoms with Crippen molar-refractivity contribution in [1.29, 1.82) is 0 Å². The third-order valence-electron chi connectivity index (χ3n) is 3.38. The second kappa shape index (κ2) is 5.91. The molecule has 0 aliphatic heterocycles. The van der Waals surface area contributed by atoms with E-state index in [1.165, 1.54) is 12.1 Å². The number of nitrogens with one attached hydrogen (secondary N) is 1. The zero-order valence-electron chi connectivity index (χ0n) is 11.7. The lowest BCUT2D eigenvalue weighted by Gasteiger charge is -2.18. The molecule has 0 spiro atoms. The molecule has 0 amide bonds. The number of carboxylic acid groups (broad SMARTS) is 1. The molecule has 0 radical (unpaired) electrons. The van der Waals surface area contributed by atoms with Crippen LogP contribution in [0.4, 0.5) is 14.5 Å². The quantitative estimate of drug-likeness (QED) is 0.890. The summed E-state index contributed by atoms with van der Waals surface area (Å²) in [4.78, 5) is 11.1. The normalized spacial score (nSPS) is 12.0. The van der Waals surface area contributed by atoms with E-state index >= 15 is 0 Å². The lowest BCUT2D eigenvalue weighted by molar-refractivity contribution is 0.0696. The number of aromatic carboxylic acids is 1. The number of anilines is 1. The summed E-state index contributed by atoms with van der Waals surface area (Å²) < 4.78 is 26.2. The molecule has 21 heavy (non-hydrogen) atoms. The summed E-state index contributed by atoms with van der Waals surface area (Å²) in [5, 5.41) is 12.2. The highest BCUT2D eigenvalue weighted by molar-refractivity contribution is 5.91. The number of carbonyl (C=O) groups is 1. The predicted molar refractivity (Wildman–Crippen MR) is 76.5 cm³/mol. The molecule has 0 aliphatic rings. The Hall–Kier alpha value is -2.43. The monoisotopic (exact) mass is 291 g/mol. The van der Waals surface area contributed by atoms with Crippen LogP contribution in [-0.2, 0) is 0 Å². The van der Waals surface area contributed by atoms with E-state index in [1.54, 1.807) is 26.0 Å². The van der Waals surface area contributed by atoms with E-state index in [-0.39, 0.29) is 11.6 Å². The zero-order valence-corrected chi connectivity index (χ0v) is 11.7. The molecular weight excluding hydrogens is 276 g/mol. The maximum Gasteiger partial charge on any atom is 0.336 e. The lowest BCUT2D eigenvalue weighted by atomic mass is 10.0. The minimum absolute atomic E-state index is 0.206. The van der Waals surface area contributed by atoms with E-state index < -0.39 is 17.6 Å². The average molecular weight is 291 g/mol. The summed E-state index contributed by atoms with van der Waals surface area (Å²) in [5.41, 5.74) is 2.03. The first kappa shape index (κ1) is 15.0. The van der Waals surface area contributed by atoms with Crippen molar-refractivity contribution in [3.8, 4) is 0 Å². The summed E-state index contributed by atoms with van der Waals surface area (Å²) in [5.74, 6) is -2.80. The van der Waals surface area contributed by atoms with Crippen molar-refractivity contribution >= 4 is 11.7 Å². The fraction of sp³-hybridized carbons (Fsp3) is 0.188. The molecule has 5 heteroatoms. The lowest BCUT2D eigenvalue weighted by Crippen LogP contribution is -2.10. The Balaban J connectivity index is 2.27. The largest absolute Gasteiger partial charge is 0.478 e. The highest BCUT2D eigenvalue weighted by Crippen LogP contribution is 2.25. The van der Waals surface area contributed by atoms with Crippen LogP contribution in [0.1, 0.15) is 34.5 Å². The van der Waals surface area contributed by atoms with Crippen LogP contribution in [0.25, 0.3) is 0 Å².